The number of nitrogens with zero attached hydrogens (tertiary/aromatic N) is 4. The highest BCUT2D eigenvalue weighted by Gasteiger charge is 2.21. The lowest BCUT2D eigenvalue weighted by molar-refractivity contribution is -0.140. The molecule has 0 aromatic rings. The van der Waals surface area contributed by atoms with Gasteiger partial charge in [0.2, 0.25) is 0 Å². The molecule has 0 saturated carbocycles. The number of aliphatic hydroxyl groups excluding tert-OH is 1. The number of aliphatic hydroxyl groups is 1. The maximum atomic E-state index is 11.2. The second-order valence-electron chi connectivity index (χ2n) is 7.08. The summed E-state index contributed by atoms with van der Waals surface area (Å²) in [7, 11) is 0. The minimum atomic E-state index is -0.982. The largest absolute Gasteiger partial charge is 0.480 e. The normalized spacial score (nSPS) is 20.8. The van der Waals surface area contributed by atoms with Crippen molar-refractivity contribution in [1.82, 2.24) is 19.6 Å². The van der Waals surface area contributed by atoms with E-state index in [0.29, 0.717) is 52.4 Å². The molecular weight excluding hydrogens is 372 g/mol. The van der Waals surface area contributed by atoms with Gasteiger partial charge in [0.15, 0.2) is 0 Å². The monoisotopic (exact) mass is 404 g/mol. The lowest BCUT2D eigenvalue weighted by Crippen LogP contribution is -2.50. The first-order chi connectivity index (χ1) is 13.2. The van der Waals surface area contributed by atoms with Gasteiger partial charge >= 0.3 is 17.9 Å². The third-order valence-electron chi connectivity index (χ3n) is 4.84. The molecule has 1 aliphatic heterocycles. The summed E-state index contributed by atoms with van der Waals surface area (Å²) in [5, 5.41) is 36.9. The Kier molecular flexibility index (Phi) is 10.9. The van der Waals surface area contributed by atoms with Gasteiger partial charge in [-0.05, 0) is 6.92 Å². The Hall–Kier alpha value is -1.79. The summed E-state index contributed by atoms with van der Waals surface area (Å²) in [5.41, 5.74) is 0. The van der Waals surface area contributed by atoms with Crippen LogP contribution in [0.4, 0.5) is 0 Å². The number of aliphatic carboxylic acids is 3. The molecule has 1 unspecified atom stereocenters. The lowest BCUT2D eigenvalue weighted by atomic mass is 10.2. The summed E-state index contributed by atoms with van der Waals surface area (Å²) in [6, 6.07) is -0.134. The number of carboxylic acid groups (broad SMARTS) is 3. The molecule has 4 N–H and O–H groups in total. The summed E-state index contributed by atoms with van der Waals surface area (Å²) >= 11 is 0. The zero-order valence-corrected chi connectivity index (χ0v) is 16.4. The molecule has 28 heavy (non-hydrogen) atoms. The van der Waals surface area contributed by atoms with E-state index in [-0.39, 0.29) is 32.3 Å². The quantitative estimate of drug-likeness (QED) is 0.351. The molecule has 0 aromatic carbocycles. The SMILES string of the molecule is CC(CO)N1CCN(CC(=O)O)CCN(CC(=O)O)CCN(CC(=O)O)CC1. The van der Waals surface area contributed by atoms with Crippen LogP contribution in [-0.4, -0.2) is 143 Å². The van der Waals surface area contributed by atoms with E-state index in [9.17, 15) is 19.5 Å². The molecule has 11 nitrogen and oxygen atoms in total. The van der Waals surface area contributed by atoms with Crippen LogP contribution in [0.5, 0.6) is 0 Å². The standard InChI is InChI=1S/C17H32N4O7/c1-14(13-22)21-8-6-19(11-16(25)26)4-2-18(10-15(23)24)3-5-20(7-9-21)12-17(27)28/h14,22H,2-13H2,1H3,(H,23,24)(H,25,26)(H,27,28). The van der Waals surface area contributed by atoms with Crippen molar-refractivity contribution in [2.75, 3.05) is 78.6 Å². The first-order valence-electron chi connectivity index (χ1n) is 9.38. The molecule has 1 fully saturated rings. The van der Waals surface area contributed by atoms with E-state index in [0.717, 1.165) is 0 Å². The maximum Gasteiger partial charge on any atom is 0.317 e. The van der Waals surface area contributed by atoms with Crippen molar-refractivity contribution in [3.63, 3.8) is 0 Å². The minimum Gasteiger partial charge on any atom is -0.480 e. The van der Waals surface area contributed by atoms with Gasteiger partial charge in [-0.25, -0.2) is 0 Å². The number of hydrogen-bond acceptors (Lipinski definition) is 8. The zero-order valence-electron chi connectivity index (χ0n) is 16.4. The van der Waals surface area contributed by atoms with Gasteiger partial charge in [-0.2, -0.15) is 0 Å². The molecule has 1 saturated heterocycles. The van der Waals surface area contributed by atoms with E-state index in [1.165, 1.54) is 0 Å². The van der Waals surface area contributed by atoms with Crippen molar-refractivity contribution in [1.29, 1.82) is 0 Å². The molecule has 0 aliphatic carbocycles. The van der Waals surface area contributed by atoms with Gasteiger partial charge in [0, 0.05) is 58.4 Å². The molecule has 0 radical (unpaired) electrons. The third kappa shape index (κ3) is 9.95. The molecule has 11 heteroatoms. The van der Waals surface area contributed by atoms with E-state index in [1.807, 2.05) is 11.8 Å². The van der Waals surface area contributed by atoms with Gasteiger partial charge in [-0.3, -0.25) is 34.0 Å². The second-order valence-corrected chi connectivity index (χ2v) is 7.08. The van der Waals surface area contributed by atoms with Crippen LogP contribution in [0.15, 0.2) is 0 Å². The molecule has 0 bridgehead atoms. The van der Waals surface area contributed by atoms with E-state index in [2.05, 4.69) is 0 Å². The predicted octanol–water partition coefficient (Wildman–Crippen LogP) is -2.16. The van der Waals surface area contributed by atoms with Gasteiger partial charge in [-0.1, -0.05) is 0 Å². The summed E-state index contributed by atoms with van der Waals surface area (Å²) in [6.45, 7) is 4.81. The Labute approximate surface area is 164 Å². The molecule has 162 valence electrons. The van der Waals surface area contributed by atoms with Crippen LogP contribution >= 0.6 is 0 Å². The summed E-state index contributed by atoms with van der Waals surface area (Å²) in [5.74, 6) is -2.89. The smallest absolute Gasteiger partial charge is 0.317 e. The van der Waals surface area contributed by atoms with E-state index in [1.54, 1.807) is 14.7 Å². The fourth-order valence-corrected chi connectivity index (χ4v) is 3.16. The van der Waals surface area contributed by atoms with Crippen LogP contribution in [0.2, 0.25) is 0 Å². The van der Waals surface area contributed by atoms with E-state index in [4.69, 9.17) is 15.3 Å². The van der Waals surface area contributed by atoms with Crippen LogP contribution in [0.3, 0.4) is 0 Å². The topological polar surface area (TPSA) is 145 Å². The van der Waals surface area contributed by atoms with E-state index >= 15 is 0 Å². The number of carbonyl (C=O) groups is 3. The fraction of sp³-hybridized carbons (Fsp3) is 0.824. The number of hydrogen-bond donors (Lipinski definition) is 4. The Morgan fingerprint density at radius 1 is 0.679 bits per heavy atom. The van der Waals surface area contributed by atoms with Crippen molar-refractivity contribution in [3.8, 4) is 0 Å². The zero-order chi connectivity index (χ0) is 21.1. The number of carboxylic acids is 3. The predicted molar refractivity (Wildman–Crippen MR) is 100 cm³/mol. The highest BCUT2D eigenvalue weighted by molar-refractivity contribution is 5.69. The molecule has 1 atom stereocenters. The average molecular weight is 404 g/mol. The first kappa shape index (κ1) is 24.2. The molecular formula is C17H32N4O7. The Balaban J connectivity index is 2.92. The minimum absolute atomic E-state index is 0.0513. The lowest BCUT2D eigenvalue weighted by Gasteiger charge is -2.35. The van der Waals surface area contributed by atoms with Crippen molar-refractivity contribution in [2.24, 2.45) is 0 Å². The average Bonchev–Trinajstić information content (AvgIpc) is 2.59. The summed E-state index contributed by atoms with van der Waals surface area (Å²) in [6.07, 6.45) is 0. The van der Waals surface area contributed by atoms with Gasteiger partial charge in [0.25, 0.3) is 0 Å². The summed E-state index contributed by atoms with van der Waals surface area (Å²) < 4.78 is 0. The molecule has 0 spiro atoms. The Morgan fingerprint density at radius 2 is 0.964 bits per heavy atom. The van der Waals surface area contributed by atoms with Crippen LogP contribution in [-0.2, 0) is 14.4 Å². The van der Waals surface area contributed by atoms with Gasteiger partial charge < -0.3 is 20.4 Å². The van der Waals surface area contributed by atoms with Crippen LogP contribution in [0.25, 0.3) is 0 Å². The Morgan fingerprint density at radius 3 is 1.21 bits per heavy atom. The van der Waals surface area contributed by atoms with Gasteiger partial charge in [0.05, 0.1) is 26.2 Å². The van der Waals surface area contributed by atoms with Crippen molar-refractivity contribution in [3.05, 3.63) is 0 Å². The second kappa shape index (κ2) is 12.6. The molecule has 1 heterocycles. The van der Waals surface area contributed by atoms with Crippen LogP contribution in [0, 0.1) is 0 Å². The molecule has 1 aliphatic rings. The van der Waals surface area contributed by atoms with Crippen molar-refractivity contribution >= 4 is 17.9 Å². The van der Waals surface area contributed by atoms with Crippen molar-refractivity contribution < 1.29 is 34.8 Å². The Bertz CT molecular complexity index is 488. The highest BCUT2D eigenvalue weighted by atomic mass is 16.4. The van der Waals surface area contributed by atoms with Gasteiger partial charge in [-0.15, -0.1) is 0 Å². The van der Waals surface area contributed by atoms with E-state index < -0.39 is 17.9 Å². The van der Waals surface area contributed by atoms with Crippen LogP contribution in [0.1, 0.15) is 6.92 Å². The molecule has 1 rings (SSSR count). The van der Waals surface area contributed by atoms with Gasteiger partial charge in [0.1, 0.15) is 0 Å². The summed E-state index contributed by atoms with van der Waals surface area (Å²) in [4.78, 5) is 40.7. The maximum absolute atomic E-state index is 11.2. The number of rotatable bonds is 8. The first-order valence-corrected chi connectivity index (χ1v) is 9.38. The van der Waals surface area contributed by atoms with Crippen LogP contribution < -0.4 is 0 Å². The molecule has 0 amide bonds. The third-order valence-corrected chi connectivity index (χ3v) is 4.84. The fourth-order valence-electron chi connectivity index (χ4n) is 3.16. The molecule has 0 aromatic heterocycles. The van der Waals surface area contributed by atoms with Crippen molar-refractivity contribution in [2.45, 2.75) is 13.0 Å². The highest BCUT2D eigenvalue weighted by Crippen LogP contribution is 2.04.